The van der Waals surface area contributed by atoms with Crippen LogP contribution >= 0.6 is 0 Å². The fourth-order valence-electron chi connectivity index (χ4n) is 4.57. The number of ether oxygens (including phenoxy) is 1. The van der Waals surface area contributed by atoms with Crippen molar-refractivity contribution in [3.8, 4) is 22.8 Å². The molecule has 0 saturated carbocycles. The van der Waals surface area contributed by atoms with Gasteiger partial charge in [-0.2, -0.15) is 5.10 Å². The summed E-state index contributed by atoms with van der Waals surface area (Å²) in [6.07, 6.45) is 3.30. The molecule has 0 bridgehead atoms. The average Bonchev–Trinajstić information content (AvgIpc) is 3.25. The molecule has 8 heteroatoms. The first-order valence-electron chi connectivity index (χ1n) is 11.9. The number of nitrogens with two attached hydrogens (primary N) is 1. The number of amides is 1. The number of anilines is 1. The van der Waals surface area contributed by atoms with Crippen molar-refractivity contribution in [3.05, 3.63) is 60.9 Å². The van der Waals surface area contributed by atoms with Crippen molar-refractivity contribution >= 4 is 22.8 Å². The minimum absolute atomic E-state index is 0.0151. The quantitative estimate of drug-likeness (QED) is 0.447. The van der Waals surface area contributed by atoms with Crippen molar-refractivity contribution in [3.63, 3.8) is 0 Å². The third kappa shape index (κ3) is 4.56. The summed E-state index contributed by atoms with van der Waals surface area (Å²) in [4.78, 5) is 23.7. The summed E-state index contributed by atoms with van der Waals surface area (Å²) in [5, 5.41) is 5.69. The van der Waals surface area contributed by atoms with Gasteiger partial charge in [-0.05, 0) is 49.2 Å². The molecular formula is C27H30N6O2. The molecule has 1 aliphatic heterocycles. The molecule has 2 aromatic heterocycles. The number of hydrogen-bond acceptors (Lipinski definition) is 6. The Balaban J connectivity index is 1.48. The van der Waals surface area contributed by atoms with E-state index >= 15 is 0 Å². The second kappa shape index (κ2) is 9.02. The van der Waals surface area contributed by atoms with E-state index in [1.165, 1.54) is 6.33 Å². The minimum atomic E-state index is -0.421. The van der Waals surface area contributed by atoms with Crippen LogP contribution in [0.25, 0.3) is 22.3 Å². The Bertz CT molecular complexity index is 1340. The van der Waals surface area contributed by atoms with E-state index in [1.807, 2.05) is 85.0 Å². The van der Waals surface area contributed by atoms with Gasteiger partial charge in [0.25, 0.3) is 0 Å². The number of para-hydroxylation sites is 1. The lowest BCUT2D eigenvalue weighted by Crippen LogP contribution is -2.45. The summed E-state index contributed by atoms with van der Waals surface area (Å²) < 4.78 is 7.86. The van der Waals surface area contributed by atoms with Crippen molar-refractivity contribution in [2.75, 3.05) is 18.8 Å². The van der Waals surface area contributed by atoms with Crippen molar-refractivity contribution in [2.24, 2.45) is 5.41 Å². The number of nitrogen functional groups attached to an aromatic ring is 1. The lowest BCUT2D eigenvalue weighted by molar-refractivity contribution is -0.141. The molecule has 1 aliphatic rings. The van der Waals surface area contributed by atoms with Crippen LogP contribution in [-0.4, -0.2) is 43.6 Å². The number of rotatable bonds is 4. The fourth-order valence-corrected chi connectivity index (χ4v) is 4.57. The third-order valence-electron chi connectivity index (χ3n) is 6.30. The molecule has 3 heterocycles. The number of likely N-dealkylation sites (tertiary alicyclic amines) is 1. The zero-order valence-corrected chi connectivity index (χ0v) is 20.3. The number of carbonyl (C=O) groups excluding carboxylic acids is 1. The maximum absolute atomic E-state index is 12.9. The van der Waals surface area contributed by atoms with Crippen LogP contribution in [0.15, 0.2) is 60.9 Å². The monoisotopic (exact) mass is 470 g/mol. The number of carbonyl (C=O) groups is 1. The van der Waals surface area contributed by atoms with Crippen molar-refractivity contribution < 1.29 is 9.53 Å². The number of nitrogens with zero attached hydrogens (tertiary/aromatic N) is 5. The number of piperidine rings is 1. The molecule has 4 aromatic rings. The highest BCUT2D eigenvalue weighted by molar-refractivity contribution is 5.98. The van der Waals surface area contributed by atoms with Crippen LogP contribution in [0.3, 0.4) is 0 Å². The summed E-state index contributed by atoms with van der Waals surface area (Å²) in [7, 11) is 0. The van der Waals surface area contributed by atoms with E-state index in [4.69, 9.17) is 15.6 Å². The zero-order chi connectivity index (χ0) is 24.6. The predicted molar refractivity (Wildman–Crippen MR) is 136 cm³/mol. The predicted octanol–water partition coefficient (Wildman–Crippen LogP) is 5.08. The largest absolute Gasteiger partial charge is 0.457 e. The maximum Gasteiger partial charge on any atom is 0.228 e. The highest BCUT2D eigenvalue weighted by Gasteiger charge is 2.33. The van der Waals surface area contributed by atoms with Gasteiger partial charge in [0.1, 0.15) is 29.3 Å². The normalized spacial score (nSPS) is 16.4. The van der Waals surface area contributed by atoms with E-state index in [0.717, 1.165) is 47.5 Å². The van der Waals surface area contributed by atoms with Crippen LogP contribution in [0.1, 0.15) is 39.7 Å². The van der Waals surface area contributed by atoms with Crippen LogP contribution in [0.5, 0.6) is 11.5 Å². The van der Waals surface area contributed by atoms with Crippen LogP contribution < -0.4 is 10.5 Å². The maximum atomic E-state index is 12.9. The molecule has 5 rings (SSSR count). The molecule has 8 nitrogen and oxygen atoms in total. The Kier molecular flexibility index (Phi) is 5.88. The lowest BCUT2D eigenvalue weighted by atomic mass is 9.93. The van der Waals surface area contributed by atoms with Crippen molar-refractivity contribution in [2.45, 2.75) is 39.7 Å². The van der Waals surface area contributed by atoms with Gasteiger partial charge in [-0.15, -0.1) is 0 Å². The Morgan fingerprint density at radius 2 is 1.74 bits per heavy atom. The Hall–Kier alpha value is -3.94. The van der Waals surface area contributed by atoms with E-state index < -0.39 is 5.41 Å². The Morgan fingerprint density at radius 1 is 1.03 bits per heavy atom. The number of aromatic nitrogens is 4. The molecule has 1 fully saturated rings. The Labute approximate surface area is 204 Å². The summed E-state index contributed by atoms with van der Waals surface area (Å²) >= 11 is 0. The van der Waals surface area contributed by atoms with E-state index in [1.54, 1.807) is 0 Å². The SMILES string of the molecule is CC(C)(C)C(=O)N1CCCC(n2nc(-c3ccc(Oc4ccccc4)cc3)c3c(N)ncnc32)C1. The molecule has 2 N–H and O–H groups in total. The van der Waals surface area contributed by atoms with E-state index in [2.05, 4.69) is 9.97 Å². The molecule has 1 atom stereocenters. The second-order valence-electron chi connectivity index (χ2n) is 9.99. The molecule has 0 radical (unpaired) electrons. The third-order valence-corrected chi connectivity index (χ3v) is 6.30. The topological polar surface area (TPSA) is 99.2 Å². The van der Waals surface area contributed by atoms with Gasteiger partial charge in [-0.3, -0.25) is 4.79 Å². The molecule has 0 spiro atoms. The summed E-state index contributed by atoms with van der Waals surface area (Å²) in [6, 6.07) is 17.4. The van der Waals surface area contributed by atoms with Crippen LogP contribution in [0.4, 0.5) is 5.82 Å². The molecular weight excluding hydrogens is 440 g/mol. The summed E-state index contributed by atoms with van der Waals surface area (Å²) in [6.45, 7) is 7.23. The highest BCUT2D eigenvalue weighted by atomic mass is 16.5. The van der Waals surface area contributed by atoms with Gasteiger partial charge < -0.3 is 15.4 Å². The molecule has 180 valence electrons. The molecule has 1 unspecified atom stereocenters. The molecule has 1 amide bonds. The zero-order valence-electron chi connectivity index (χ0n) is 20.3. The average molecular weight is 471 g/mol. The summed E-state index contributed by atoms with van der Waals surface area (Å²) in [5.74, 6) is 2.05. The van der Waals surface area contributed by atoms with E-state index in [0.29, 0.717) is 18.0 Å². The number of benzene rings is 2. The number of hydrogen-bond donors (Lipinski definition) is 1. The van der Waals surface area contributed by atoms with E-state index in [9.17, 15) is 4.79 Å². The Morgan fingerprint density at radius 3 is 2.46 bits per heavy atom. The van der Waals surface area contributed by atoms with Crippen molar-refractivity contribution in [1.82, 2.24) is 24.6 Å². The van der Waals surface area contributed by atoms with Gasteiger partial charge >= 0.3 is 0 Å². The smallest absolute Gasteiger partial charge is 0.228 e. The first kappa shape index (κ1) is 22.8. The molecule has 35 heavy (non-hydrogen) atoms. The van der Waals surface area contributed by atoms with Gasteiger partial charge in [0.2, 0.25) is 5.91 Å². The first-order chi connectivity index (χ1) is 16.8. The van der Waals surface area contributed by atoms with Crippen LogP contribution in [-0.2, 0) is 4.79 Å². The molecule has 2 aromatic carbocycles. The second-order valence-corrected chi connectivity index (χ2v) is 9.99. The van der Waals surface area contributed by atoms with Crippen LogP contribution in [0, 0.1) is 5.41 Å². The highest BCUT2D eigenvalue weighted by Crippen LogP contribution is 2.35. The van der Waals surface area contributed by atoms with Gasteiger partial charge in [0.05, 0.1) is 11.4 Å². The number of fused-ring (bicyclic) bond motifs is 1. The molecule has 0 aliphatic carbocycles. The van der Waals surface area contributed by atoms with Gasteiger partial charge in [-0.1, -0.05) is 39.0 Å². The van der Waals surface area contributed by atoms with E-state index in [-0.39, 0.29) is 11.9 Å². The fraction of sp³-hybridized carbons (Fsp3) is 0.333. The summed E-state index contributed by atoms with van der Waals surface area (Å²) in [5.41, 5.74) is 8.20. The minimum Gasteiger partial charge on any atom is -0.457 e. The van der Waals surface area contributed by atoms with Gasteiger partial charge in [0, 0.05) is 24.1 Å². The van der Waals surface area contributed by atoms with Crippen molar-refractivity contribution in [1.29, 1.82) is 0 Å². The lowest BCUT2D eigenvalue weighted by Gasteiger charge is -2.36. The van der Waals surface area contributed by atoms with Gasteiger partial charge in [-0.25, -0.2) is 14.6 Å². The first-order valence-corrected chi connectivity index (χ1v) is 11.9. The molecule has 1 saturated heterocycles. The standard InChI is InChI=1S/C27H30N6O2/c1-27(2,3)26(34)32-15-7-8-19(16-32)33-25-22(24(28)29-17-30-25)23(31-33)18-11-13-21(14-12-18)35-20-9-5-4-6-10-20/h4-6,9-14,17,19H,7-8,15-16H2,1-3H3,(H2,28,29,30). The van der Waals surface area contributed by atoms with Crippen LogP contribution in [0.2, 0.25) is 0 Å². The van der Waals surface area contributed by atoms with Gasteiger partial charge in [0.15, 0.2) is 5.65 Å².